The molecule has 1 fully saturated rings. The van der Waals surface area contributed by atoms with Gasteiger partial charge in [-0.2, -0.15) is 5.10 Å². The van der Waals surface area contributed by atoms with E-state index in [1.807, 2.05) is 23.1 Å². The second kappa shape index (κ2) is 6.91. The number of aryl methyl sites for hydroxylation is 2. The van der Waals surface area contributed by atoms with Gasteiger partial charge in [0.05, 0.1) is 23.8 Å². The predicted octanol–water partition coefficient (Wildman–Crippen LogP) is 0.875. The number of aromatic nitrogens is 4. The molecule has 0 N–H and O–H groups in total. The van der Waals surface area contributed by atoms with Gasteiger partial charge in [0.15, 0.2) is 5.69 Å². The van der Waals surface area contributed by atoms with Gasteiger partial charge in [-0.25, -0.2) is 9.67 Å². The molecule has 1 amide bonds. The van der Waals surface area contributed by atoms with Crippen molar-refractivity contribution in [2.24, 2.45) is 7.05 Å². The molecule has 3 aromatic rings. The fourth-order valence-electron chi connectivity index (χ4n) is 3.90. The van der Waals surface area contributed by atoms with Crippen molar-refractivity contribution in [3.05, 3.63) is 46.6 Å². The standard InChI is InChI=1S/C20H22N6O3/c1-23-13-21-16-11-14(3-4-15(16)19(23)27)24-6-8-25(9-7-24)20(28)17-12-18-26(22-17)5-2-10-29-18/h3-4,11-13H,2,5-10H2,1H3. The third kappa shape index (κ3) is 3.12. The van der Waals surface area contributed by atoms with E-state index in [1.54, 1.807) is 24.1 Å². The van der Waals surface area contributed by atoms with E-state index in [4.69, 9.17) is 4.74 Å². The van der Waals surface area contributed by atoms with Gasteiger partial charge in [-0.05, 0) is 18.2 Å². The van der Waals surface area contributed by atoms with Gasteiger partial charge in [0, 0.05) is 57.9 Å². The molecule has 150 valence electrons. The Morgan fingerprint density at radius 3 is 2.72 bits per heavy atom. The SMILES string of the molecule is Cn1cnc2cc(N3CCN(C(=O)c4cc5n(n4)CCCO5)CC3)ccc2c1=O. The highest BCUT2D eigenvalue weighted by Gasteiger charge is 2.26. The summed E-state index contributed by atoms with van der Waals surface area (Å²) in [5.41, 5.74) is 2.09. The molecule has 1 saturated heterocycles. The number of piperazine rings is 1. The van der Waals surface area contributed by atoms with Crippen LogP contribution in [-0.2, 0) is 13.6 Å². The third-order valence-electron chi connectivity index (χ3n) is 5.56. The highest BCUT2D eigenvalue weighted by molar-refractivity contribution is 5.93. The van der Waals surface area contributed by atoms with E-state index in [0.29, 0.717) is 55.3 Å². The maximum absolute atomic E-state index is 12.8. The van der Waals surface area contributed by atoms with Gasteiger partial charge in [0.2, 0.25) is 5.88 Å². The van der Waals surface area contributed by atoms with E-state index in [9.17, 15) is 9.59 Å². The molecule has 2 aromatic heterocycles. The molecule has 0 unspecified atom stereocenters. The van der Waals surface area contributed by atoms with Crippen molar-refractivity contribution < 1.29 is 9.53 Å². The number of carbonyl (C=O) groups is 1. The summed E-state index contributed by atoms with van der Waals surface area (Å²) in [7, 11) is 1.70. The van der Waals surface area contributed by atoms with Crippen LogP contribution in [0.1, 0.15) is 16.9 Å². The molecule has 5 rings (SSSR count). The molecule has 0 spiro atoms. The average molecular weight is 394 g/mol. The Kier molecular flexibility index (Phi) is 4.22. The van der Waals surface area contributed by atoms with Crippen LogP contribution in [0.25, 0.3) is 10.9 Å². The summed E-state index contributed by atoms with van der Waals surface area (Å²) in [5.74, 6) is 0.617. The zero-order valence-electron chi connectivity index (χ0n) is 16.2. The van der Waals surface area contributed by atoms with Crippen LogP contribution < -0.4 is 15.2 Å². The van der Waals surface area contributed by atoms with Crippen LogP contribution in [0.4, 0.5) is 5.69 Å². The van der Waals surface area contributed by atoms with Gasteiger partial charge in [-0.3, -0.25) is 9.59 Å². The van der Waals surface area contributed by atoms with Crippen LogP contribution in [0.3, 0.4) is 0 Å². The lowest BCUT2D eigenvalue weighted by Gasteiger charge is -2.35. The van der Waals surface area contributed by atoms with Gasteiger partial charge < -0.3 is 19.1 Å². The Morgan fingerprint density at radius 2 is 1.93 bits per heavy atom. The fraction of sp³-hybridized carbons (Fsp3) is 0.400. The second-order valence-corrected chi connectivity index (χ2v) is 7.43. The first-order valence-corrected chi connectivity index (χ1v) is 9.80. The number of anilines is 1. The molecule has 0 radical (unpaired) electrons. The molecule has 29 heavy (non-hydrogen) atoms. The molecule has 2 aliphatic rings. The first-order chi connectivity index (χ1) is 14.1. The predicted molar refractivity (Wildman–Crippen MR) is 107 cm³/mol. The van der Waals surface area contributed by atoms with E-state index < -0.39 is 0 Å². The molecule has 0 aliphatic carbocycles. The topological polar surface area (TPSA) is 85.5 Å². The smallest absolute Gasteiger partial charge is 0.274 e. The number of rotatable bonds is 2. The maximum Gasteiger partial charge on any atom is 0.274 e. The van der Waals surface area contributed by atoms with Crippen molar-refractivity contribution in [1.29, 1.82) is 0 Å². The van der Waals surface area contributed by atoms with E-state index in [1.165, 1.54) is 4.57 Å². The molecule has 9 heteroatoms. The molecular weight excluding hydrogens is 372 g/mol. The number of hydrogen-bond acceptors (Lipinski definition) is 6. The van der Waals surface area contributed by atoms with Gasteiger partial charge in [0.25, 0.3) is 11.5 Å². The minimum absolute atomic E-state index is 0.0521. The van der Waals surface area contributed by atoms with Crippen molar-refractivity contribution in [2.75, 3.05) is 37.7 Å². The molecule has 4 heterocycles. The third-order valence-corrected chi connectivity index (χ3v) is 5.56. The zero-order chi connectivity index (χ0) is 20.0. The van der Waals surface area contributed by atoms with Crippen molar-refractivity contribution in [2.45, 2.75) is 13.0 Å². The van der Waals surface area contributed by atoms with Crippen LogP contribution in [0, 0.1) is 0 Å². The summed E-state index contributed by atoms with van der Waals surface area (Å²) < 4.78 is 8.80. The van der Waals surface area contributed by atoms with Gasteiger partial charge in [0.1, 0.15) is 0 Å². The van der Waals surface area contributed by atoms with Crippen LogP contribution in [0.2, 0.25) is 0 Å². The number of ether oxygens (including phenoxy) is 1. The van der Waals surface area contributed by atoms with Gasteiger partial charge >= 0.3 is 0 Å². The number of hydrogen-bond donors (Lipinski definition) is 0. The van der Waals surface area contributed by atoms with Gasteiger partial charge in [-0.15, -0.1) is 0 Å². The molecular formula is C20H22N6O3. The number of nitrogens with zero attached hydrogens (tertiary/aromatic N) is 6. The van der Waals surface area contributed by atoms with E-state index in [2.05, 4.69) is 15.0 Å². The quantitative estimate of drug-likeness (QED) is 0.641. The largest absolute Gasteiger partial charge is 0.478 e. The summed E-state index contributed by atoms with van der Waals surface area (Å²) in [4.78, 5) is 33.4. The van der Waals surface area contributed by atoms with E-state index in [-0.39, 0.29) is 11.5 Å². The average Bonchev–Trinajstić information content (AvgIpc) is 3.20. The van der Waals surface area contributed by atoms with Crippen molar-refractivity contribution in [3.8, 4) is 5.88 Å². The summed E-state index contributed by atoms with van der Waals surface area (Å²) >= 11 is 0. The minimum Gasteiger partial charge on any atom is -0.478 e. The lowest BCUT2D eigenvalue weighted by atomic mass is 10.2. The Morgan fingerprint density at radius 1 is 1.10 bits per heavy atom. The number of benzene rings is 1. The Bertz CT molecular complexity index is 1120. The maximum atomic E-state index is 12.8. The normalized spacial score (nSPS) is 16.6. The van der Waals surface area contributed by atoms with Crippen molar-refractivity contribution >= 4 is 22.5 Å². The summed E-state index contributed by atoms with van der Waals surface area (Å²) in [6, 6.07) is 7.45. The Labute approximate surface area is 167 Å². The van der Waals surface area contributed by atoms with Gasteiger partial charge in [-0.1, -0.05) is 0 Å². The van der Waals surface area contributed by atoms with Crippen LogP contribution in [0.15, 0.2) is 35.4 Å². The van der Waals surface area contributed by atoms with Crippen molar-refractivity contribution in [1.82, 2.24) is 24.2 Å². The highest BCUT2D eigenvalue weighted by atomic mass is 16.5. The molecule has 9 nitrogen and oxygen atoms in total. The van der Waals surface area contributed by atoms with Crippen LogP contribution in [-0.4, -0.2) is 62.9 Å². The molecule has 0 bridgehead atoms. The minimum atomic E-state index is -0.0566. The van der Waals surface area contributed by atoms with E-state index in [0.717, 1.165) is 18.7 Å². The summed E-state index contributed by atoms with van der Waals surface area (Å²) in [6.07, 6.45) is 2.45. The second-order valence-electron chi connectivity index (χ2n) is 7.43. The Balaban J connectivity index is 1.29. The number of fused-ring (bicyclic) bond motifs is 2. The lowest BCUT2D eigenvalue weighted by molar-refractivity contribution is 0.0740. The number of amides is 1. The lowest BCUT2D eigenvalue weighted by Crippen LogP contribution is -2.49. The fourth-order valence-corrected chi connectivity index (χ4v) is 3.90. The molecule has 1 aromatic carbocycles. The van der Waals surface area contributed by atoms with Crippen molar-refractivity contribution in [3.63, 3.8) is 0 Å². The monoisotopic (exact) mass is 394 g/mol. The first-order valence-electron chi connectivity index (χ1n) is 9.80. The number of carbonyl (C=O) groups excluding carboxylic acids is 1. The zero-order valence-corrected chi connectivity index (χ0v) is 16.2. The van der Waals surface area contributed by atoms with E-state index >= 15 is 0 Å². The summed E-state index contributed by atoms with van der Waals surface area (Å²) in [5, 5.41) is 5.01. The summed E-state index contributed by atoms with van der Waals surface area (Å²) in [6.45, 7) is 4.12. The molecule has 0 saturated carbocycles. The molecule has 0 atom stereocenters. The molecule has 2 aliphatic heterocycles. The van der Waals surface area contributed by atoms with Crippen LogP contribution >= 0.6 is 0 Å². The first kappa shape index (κ1) is 17.7. The van der Waals surface area contributed by atoms with Crippen LogP contribution in [0.5, 0.6) is 5.88 Å². The highest BCUT2D eigenvalue weighted by Crippen LogP contribution is 2.22. The Hall–Kier alpha value is -3.36.